The van der Waals surface area contributed by atoms with Gasteiger partial charge in [0.25, 0.3) is 5.91 Å². The Labute approximate surface area is 378 Å². The smallest absolute Gasteiger partial charge is 0.407 e. The van der Waals surface area contributed by atoms with E-state index in [1.165, 1.54) is 20.4 Å². The minimum absolute atomic E-state index is 0.0442. The second-order valence-electron chi connectivity index (χ2n) is 17.9. The SMILES string of the molecule is CC[C@H](C)[C@@H]([C@@H](CC(=O)N1CCC[C@H]1[C@H](OC)[C@@H](C)C(=O)NC(Cc1ccccc1)C(=O)O)OC)N(C)C(=O)[C@@H](Nc1ncc(C(=O)NCCNC(=O)OC(C)(C)C)c(C)n1)C(C)C. The molecule has 0 saturated carbocycles. The monoisotopic (exact) mass is 897 g/mol. The number of aromatic nitrogens is 2. The molecule has 3 rings (SSSR count). The van der Waals surface area contributed by atoms with Crippen molar-refractivity contribution in [1.29, 1.82) is 0 Å². The van der Waals surface area contributed by atoms with Crippen molar-refractivity contribution in [3.05, 3.63) is 53.3 Å². The Balaban J connectivity index is 1.72. The van der Waals surface area contributed by atoms with Gasteiger partial charge in [0, 0.05) is 53.5 Å². The van der Waals surface area contributed by atoms with Crippen LogP contribution < -0.4 is 21.3 Å². The molecule has 1 aliphatic heterocycles. The maximum absolute atomic E-state index is 14.4. The zero-order valence-electron chi connectivity index (χ0n) is 39.7. The van der Waals surface area contributed by atoms with Gasteiger partial charge in [-0.1, -0.05) is 71.4 Å². The summed E-state index contributed by atoms with van der Waals surface area (Å²) in [7, 11) is 4.71. The van der Waals surface area contributed by atoms with E-state index in [-0.39, 0.29) is 61.1 Å². The molecule has 1 aromatic carbocycles. The van der Waals surface area contributed by atoms with Gasteiger partial charge in [0.15, 0.2) is 0 Å². The summed E-state index contributed by atoms with van der Waals surface area (Å²) in [5.74, 6) is -3.47. The number of alkyl carbamates (subject to hydrolysis) is 1. The largest absolute Gasteiger partial charge is 0.480 e. The normalized spacial score (nSPS) is 17.3. The molecule has 2 heterocycles. The van der Waals surface area contributed by atoms with Crippen LogP contribution in [0.3, 0.4) is 0 Å². The van der Waals surface area contributed by atoms with Crippen molar-refractivity contribution in [3.8, 4) is 0 Å². The van der Waals surface area contributed by atoms with Crippen LogP contribution in [-0.2, 0) is 39.8 Å². The lowest BCUT2D eigenvalue weighted by molar-refractivity contribution is -0.147. The number of methoxy groups -OCH3 is 2. The number of aryl methyl sites for hydroxylation is 1. The highest BCUT2D eigenvalue weighted by Crippen LogP contribution is 2.30. The minimum Gasteiger partial charge on any atom is -0.480 e. The van der Waals surface area contributed by atoms with Crippen molar-refractivity contribution in [2.75, 3.05) is 46.2 Å². The van der Waals surface area contributed by atoms with Gasteiger partial charge in [-0.25, -0.2) is 19.6 Å². The van der Waals surface area contributed by atoms with E-state index in [4.69, 9.17) is 14.2 Å². The summed E-state index contributed by atoms with van der Waals surface area (Å²) in [6.07, 6.45) is 1.41. The number of aliphatic carboxylic acids is 1. The van der Waals surface area contributed by atoms with Crippen molar-refractivity contribution < 1.29 is 48.1 Å². The van der Waals surface area contributed by atoms with Gasteiger partial charge in [-0.2, -0.15) is 0 Å². The van der Waals surface area contributed by atoms with Gasteiger partial charge >= 0.3 is 12.1 Å². The molecule has 5 N–H and O–H groups in total. The fourth-order valence-electron chi connectivity index (χ4n) is 8.04. The lowest BCUT2D eigenvalue weighted by Crippen LogP contribution is -2.56. The molecular formula is C46H72N8O10. The Hall–Kier alpha value is -5.36. The molecule has 0 bridgehead atoms. The van der Waals surface area contributed by atoms with Crippen molar-refractivity contribution in [3.63, 3.8) is 0 Å². The number of carbonyl (C=O) groups is 6. The predicted octanol–water partition coefficient (Wildman–Crippen LogP) is 4.21. The molecule has 18 heteroatoms. The van der Waals surface area contributed by atoms with Gasteiger partial charge in [-0.15, -0.1) is 0 Å². The van der Waals surface area contributed by atoms with Crippen LogP contribution in [0.4, 0.5) is 10.7 Å². The topological polar surface area (TPSA) is 231 Å². The van der Waals surface area contributed by atoms with Crippen molar-refractivity contribution >= 4 is 41.6 Å². The standard InChI is InChI=1S/C46H72N8O10/c1-13-28(4)38(53(10)42(58)37(27(2)3)52-44-49-26-32(30(6)50-44)41(57)47-21-22-48-45(61)64-46(7,8)9)35(62-11)25-36(55)54-23-17-20-34(54)39(63-12)29(5)40(56)51-33(43(59)60)24-31-18-15-14-16-19-31/h14-16,18-19,26-29,33-35,37-39H,13,17,20-25H2,1-12H3,(H,47,57)(H,48,61)(H,51,56)(H,59,60)(H,49,50,52)/t28-,29+,33?,34-,35+,37-,38-,39+/m0/s1. The minimum atomic E-state index is -1.15. The summed E-state index contributed by atoms with van der Waals surface area (Å²) < 4.78 is 17.1. The van der Waals surface area contributed by atoms with E-state index >= 15 is 0 Å². The number of carboxylic acid groups (broad SMARTS) is 1. The van der Waals surface area contributed by atoms with Crippen molar-refractivity contribution in [2.45, 2.75) is 136 Å². The first-order valence-corrected chi connectivity index (χ1v) is 22.2. The Morgan fingerprint density at radius 3 is 2.20 bits per heavy atom. The van der Waals surface area contributed by atoms with Crippen LogP contribution in [0.1, 0.15) is 103 Å². The third-order valence-electron chi connectivity index (χ3n) is 11.7. The number of anilines is 1. The Morgan fingerprint density at radius 1 is 0.984 bits per heavy atom. The highest BCUT2D eigenvalue weighted by molar-refractivity contribution is 5.95. The van der Waals surface area contributed by atoms with Crippen LogP contribution in [0.5, 0.6) is 0 Å². The number of hydrogen-bond donors (Lipinski definition) is 5. The zero-order valence-corrected chi connectivity index (χ0v) is 39.7. The van der Waals surface area contributed by atoms with E-state index in [1.54, 1.807) is 63.6 Å². The third kappa shape index (κ3) is 15.1. The van der Waals surface area contributed by atoms with Gasteiger partial charge in [0.2, 0.25) is 23.7 Å². The van der Waals surface area contributed by atoms with Gasteiger partial charge in [0.1, 0.15) is 17.7 Å². The van der Waals surface area contributed by atoms with E-state index in [0.717, 1.165) is 5.56 Å². The quantitative estimate of drug-likeness (QED) is 0.0987. The number of carboxylic acids is 1. The second kappa shape index (κ2) is 24.6. The Bertz CT molecular complexity index is 1880. The zero-order chi connectivity index (χ0) is 47.9. The van der Waals surface area contributed by atoms with Crippen molar-refractivity contribution in [2.24, 2.45) is 17.8 Å². The molecule has 1 aromatic heterocycles. The molecule has 0 spiro atoms. The first-order chi connectivity index (χ1) is 30.1. The van der Waals surface area contributed by atoms with E-state index in [2.05, 4.69) is 31.2 Å². The van der Waals surface area contributed by atoms with Gasteiger partial charge < -0.3 is 50.4 Å². The molecule has 356 valence electrons. The number of carbonyl (C=O) groups excluding carboxylic acids is 5. The average molecular weight is 897 g/mol. The number of ether oxygens (including phenoxy) is 3. The van der Waals surface area contributed by atoms with Crippen LogP contribution in [0.25, 0.3) is 0 Å². The first-order valence-electron chi connectivity index (χ1n) is 22.2. The highest BCUT2D eigenvalue weighted by atomic mass is 16.6. The fourth-order valence-corrected chi connectivity index (χ4v) is 8.04. The van der Waals surface area contributed by atoms with E-state index in [9.17, 15) is 33.9 Å². The lowest BCUT2D eigenvalue weighted by atomic mass is 9.89. The summed E-state index contributed by atoms with van der Waals surface area (Å²) in [5.41, 5.74) is 0.742. The first kappa shape index (κ1) is 53.0. The summed E-state index contributed by atoms with van der Waals surface area (Å²) >= 11 is 0. The van der Waals surface area contributed by atoms with Gasteiger partial charge in [-0.3, -0.25) is 19.2 Å². The number of hydrogen-bond acceptors (Lipinski definition) is 12. The summed E-state index contributed by atoms with van der Waals surface area (Å²) in [6.45, 7) is 17.2. The van der Waals surface area contributed by atoms with Crippen LogP contribution in [0, 0.1) is 24.7 Å². The van der Waals surface area contributed by atoms with Crippen LogP contribution >= 0.6 is 0 Å². The Kier molecular flexibility index (Phi) is 20.4. The molecule has 1 unspecified atom stereocenters. The number of likely N-dealkylation sites (tertiary alicyclic amines) is 1. The van der Waals surface area contributed by atoms with Crippen LogP contribution in [-0.4, -0.2) is 143 Å². The van der Waals surface area contributed by atoms with Crippen LogP contribution in [0.15, 0.2) is 36.5 Å². The molecule has 1 fully saturated rings. The summed E-state index contributed by atoms with van der Waals surface area (Å²) in [6, 6.07) is 6.16. The molecule has 0 radical (unpaired) electrons. The molecule has 18 nitrogen and oxygen atoms in total. The van der Waals surface area contributed by atoms with E-state index < -0.39 is 71.8 Å². The summed E-state index contributed by atoms with van der Waals surface area (Å²) in [5, 5.41) is 21.1. The molecule has 2 aromatic rings. The van der Waals surface area contributed by atoms with E-state index in [1.807, 2.05) is 45.9 Å². The molecule has 1 saturated heterocycles. The molecule has 1 aliphatic rings. The number of nitrogens with one attached hydrogen (secondary N) is 4. The number of likely N-dealkylation sites (N-methyl/N-ethyl adjacent to an activating group) is 1. The maximum atomic E-state index is 14.4. The highest BCUT2D eigenvalue weighted by Gasteiger charge is 2.43. The van der Waals surface area contributed by atoms with E-state index in [0.29, 0.717) is 31.5 Å². The second-order valence-corrected chi connectivity index (χ2v) is 17.9. The predicted molar refractivity (Wildman–Crippen MR) is 241 cm³/mol. The Morgan fingerprint density at radius 2 is 1.64 bits per heavy atom. The maximum Gasteiger partial charge on any atom is 0.407 e. The van der Waals surface area contributed by atoms with Crippen LogP contribution in [0.2, 0.25) is 0 Å². The molecule has 0 aliphatic carbocycles. The third-order valence-corrected chi connectivity index (χ3v) is 11.7. The molecule has 64 heavy (non-hydrogen) atoms. The molecule has 5 amide bonds. The lowest BCUT2D eigenvalue weighted by Gasteiger charge is -2.40. The number of rotatable bonds is 23. The van der Waals surface area contributed by atoms with Gasteiger partial charge in [-0.05, 0) is 57.9 Å². The number of nitrogens with zero attached hydrogens (tertiary/aromatic N) is 4. The number of benzene rings is 1. The molecule has 8 atom stereocenters. The average Bonchev–Trinajstić information content (AvgIpc) is 3.72. The molecular weight excluding hydrogens is 825 g/mol. The van der Waals surface area contributed by atoms with Crippen molar-refractivity contribution in [1.82, 2.24) is 35.7 Å². The number of amides is 5. The van der Waals surface area contributed by atoms with Gasteiger partial charge in [0.05, 0.1) is 47.9 Å². The fraction of sp³-hybridized carbons (Fsp3) is 0.652. The summed E-state index contributed by atoms with van der Waals surface area (Å²) in [4.78, 5) is 91.5.